The van der Waals surface area contributed by atoms with Gasteiger partial charge in [0.25, 0.3) is 5.91 Å². The van der Waals surface area contributed by atoms with Gasteiger partial charge in [-0.3, -0.25) is 4.79 Å². The second kappa shape index (κ2) is 6.15. The molecular weight excluding hydrogens is 318 g/mol. The van der Waals surface area contributed by atoms with Crippen LogP contribution in [0.15, 0.2) is 36.4 Å². The predicted octanol–water partition coefficient (Wildman–Crippen LogP) is 3.50. The van der Waals surface area contributed by atoms with Crippen molar-refractivity contribution < 1.29 is 13.6 Å². The standard InChI is InChI=1S/C14H9ClF2N2OS/c15-11-6-8(17)1-3-9(11)14(20)19-12-4-2-7(16)5-10(12)13(18)21/h1-6H,(H2,18,21)(H,19,20). The van der Waals surface area contributed by atoms with Crippen LogP contribution in [0.5, 0.6) is 0 Å². The van der Waals surface area contributed by atoms with E-state index in [1.54, 1.807) is 0 Å². The summed E-state index contributed by atoms with van der Waals surface area (Å²) in [6.07, 6.45) is 0. The summed E-state index contributed by atoms with van der Waals surface area (Å²) < 4.78 is 26.1. The lowest BCUT2D eigenvalue weighted by molar-refractivity contribution is 0.102. The van der Waals surface area contributed by atoms with Gasteiger partial charge in [-0.1, -0.05) is 23.8 Å². The van der Waals surface area contributed by atoms with Crippen LogP contribution in [0.3, 0.4) is 0 Å². The van der Waals surface area contributed by atoms with Crippen molar-refractivity contribution in [2.45, 2.75) is 0 Å². The first-order valence-electron chi connectivity index (χ1n) is 5.74. The third kappa shape index (κ3) is 3.53. The summed E-state index contributed by atoms with van der Waals surface area (Å²) in [6, 6.07) is 6.99. The van der Waals surface area contributed by atoms with Gasteiger partial charge >= 0.3 is 0 Å². The molecule has 0 spiro atoms. The zero-order valence-corrected chi connectivity index (χ0v) is 12.1. The lowest BCUT2D eigenvalue weighted by atomic mass is 10.1. The number of benzene rings is 2. The zero-order chi connectivity index (χ0) is 15.6. The minimum Gasteiger partial charge on any atom is -0.389 e. The third-order valence-corrected chi connectivity index (χ3v) is 3.20. The second-order valence-electron chi connectivity index (χ2n) is 4.13. The van der Waals surface area contributed by atoms with Crippen LogP contribution in [0.4, 0.5) is 14.5 Å². The molecule has 0 fully saturated rings. The van der Waals surface area contributed by atoms with Crippen LogP contribution in [0.25, 0.3) is 0 Å². The monoisotopic (exact) mass is 326 g/mol. The molecule has 0 bridgehead atoms. The van der Waals surface area contributed by atoms with Crippen LogP contribution in [0.2, 0.25) is 5.02 Å². The molecule has 0 radical (unpaired) electrons. The number of hydrogen-bond acceptors (Lipinski definition) is 2. The Labute approximate surface area is 129 Å². The van der Waals surface area contributed by atoms with E-state index in [2.05, 4.69) is 5.32 Å². The van der Waals surface area contributed by atoms with Crippen molar-refractivity contribution in [3.05, 3.63) is 64.2 Å². The summed E-state index contributed by atoms with van der Waals surface area (Å²) in [7, 11) is 0. The van der Waals surface area contributed by atoms with Crippen LogP contribution < -0.4 is 11.1 Å². The van der Waals surface area contributed by atoms with Crippen LogP contribution >= 0.6 is 23.8 Å². The maximum atomic E-state index is 13.2. The van der Waals surface area contributed by atoms with Crippen molar-refractivity contribution in [2.24, 2.45) is 5.73 Å². The van der Waals surface area contributed by atoms with Gasteiger partial charge in [-0.2, -0.15) is 0 Å². The number of anilines is 1. The molecule has 2 aromatic carbocycles. The molecule has 3 N–H and O–H groups in total. The number of thiocarbonyl (C=S) groups is 1. The Hall–Kier alpha value is -2.05. The molecule has 0 atom stereocenters. The van der Waals surface area contributed by atoms with Gasteiger partial charge in [0.2, 0.25) is 0 Å². The van der Waals surface area contributed by atoms with Crippen molar-refractivity contribution in [1.29, 1.82) is 0 Å². The molecule has 108 valence electrons. The number of carbonyl (C=O) groups excluding carboxylic acids is 1. The fourth-order valence-electron chi connectivity index (χ4n) is 1.69. The van der Waals surface area contributed by atoms with Gasteiger partial charge in [-0.15, -0.1) is 0 Å². The molecule has 3 nitrogen and oxygen atoms in total. The van der Waals surface area contributed by atoms with Crippen molar-refractivity contribution in [2.75, 3.05) is 5.32 Å². The first-order chi connectivity index (χ1) is 9.88. The first kappa shape index (κ1) is 15.3. The quantitative estimate of drug-likeness (QED) is 0.849. The molecule has 0 saturated carbocycles. The number of nitrogens with one attached hydrogen (secondary N) is 1. The predicted molar refractivity (Wildman–Crippen MR) is 81.7 cm³/mol. The number of nitrogens with two attached hydrogens (primary N) is 1. The smallest absolute Gasteiger partial charge is 0.257 e. The maximum absolute atomic E-state index is 13.2. The number of amides is 1. The molecule has 0 saturated heterocycles. The van der Waals surface area contributed by atoms with Gasteiger partial charge in [0.1, 0.15) is 16.6 Å². The minimum absolute atomic E-state index is 0.0357. The minimum atomic E-state index is -0.580. The Kier molecular flexibility index (Phi) is 4.50. The van der Waals surface area contributed by atoms with Crippen LogP contribution in [0.1, 0.15) is 15.9 Å². The van der Waals surface area contributed by atoms with E-state index in [9.17, 15) is 13.6 Å². The lowest BCUT2D eigenvalue weighted by Crippen LogP contribution is -2.18. The Morgan fingerprint density at radius 2 is 1.71 bits per heavy atom. The molecule has 2 aromatic rings. The molecule has 0 aliphatic carbocycles. The molecule has 21 heavy (non-hydrogen) atoms. The molecule has 0 unspecified atom stereocenters. The largest absolute Gasteiger partial charge is 0.389 e. The summed E-state index contributed by atoms with van der Waals surface area (Å²) in [6.45, 7) is 0. The van der Waals surface area contributed by atoms with Gasteiger partial charge in [0.15, 0.2) is 0 Å². The average Bonchev–Trinajstić information content (AvgIpc) is 2.40. The molecule has 0 aromatic heterocycles. The number of rotatable bonds is 3. The first-order valence-corrected chi connectivity index (χ1v) is 6.53. The summed E-state index contributed by atoms with van der Waals surface area (Å²) in [5, 5.41) is 2.48. The molecule has 2 rings (SSSR count). The van der Waals surface area contributed by atoms with Crippen LogP contribution in [-0.2, 0) is 0 Å². The second-order valence-corrected chi connectivity index (χ2v) is 4.98. The molecule has 0 aliphatic heterocycles. The van der Waals surface area contributed by atoms with E-state index < -0.39 is 17.5 Å². The van der Waals surface area contributed by atoms with Gasteiger partial charge < -0.3 is 11.1 Å². The molecular formula is C14H9ClF2N2OS. The van der Waals surface area contributed by atoms with E-state index in [0.717, 1.165) is 24.3 Å². The Bertz CT molecular complexity index is 737. The summed E-state index contributed by atoms with van der Waals surface area (Å²) in [5.41, 5.74) is 6.00. The topological polar surface area (TPSA) is 55.1 Å². The average molecular weight is 327 g/mol. The summed E-state index contributed by atoms with van der Waals surface area (Å²) in [5.74, 6) is -1.66. The number of carbonyl (C=O) groups is 1. The molecule has 1 amide bonds. The fraction of sp³-hybridized carbons (Fsp3) is 0. The van der Waals surface area contributed by atoms with E-state index in [1.165, 1.54) is 12.1 Å². The summed E-state index contributed by atoms with van der Waals surface area (Å²) >= 11 is 10.6. The fourth-order valence-corrected chi connectivity index (χ4v) is 2.11. The lowest BCUT2D eigenvalue weighted by Gasteiger charge is -2.11. The highest BCUT2D eigenvalue weighted by atomic mass is 35.5. The molecule has 7 heteroatoms. The van der Waals surface area contributed by atoms with Crippen LogP contribution in [0, 0.1) is 11.6 Å². The van der Waals surface area contributed by atoms with Gasteiger partial charge in [-0.05, 0) is 36.4 Å². The van der Waals surface area contributed by atoms with E-state index in [0.29, 0.717) is 0 Å². The number of halogens is 3. The van der Waals surface area contributed by atoms with Crippen LogP contribution in [-0.4, -0.2) is 10.9 Å². The van der Waals surface area contributed by atoms with E-state index in [4.69, 9.17) is 29.6 Å². The van der Waals surface area contributed by atoms with Gasteiger partial charge in [0.05, 0.1) is 16.3 Å². The Morgan fingerprint density at radius 3 is 2.33 bits per heavy atom. The van der Waals surface area contributed by atoms with Crippen molar-refractivity contribution in [3.8, 4) is 0 Å². The van der Waals surface area contributed by atoms with E-state index in [1.807, 2.05) is 0 Å². The SMILES string of the molecule is NC(=S)c1cc(F)ccc1NC(=O)c1ccc(F)cc1Cl. The van der Waals surface area contributed by atoms with Gasteiger partial charge in [0, 0.05) is 5.56 Å². The molecule has 0 aliphatic rings. The highest BCUT2D eigenvalue weighted by Crippen LogP contribution is 2.21. The van der Waals surface area contributed by atoms with E-state index >= 15 is 0 Å². The van der Waals surface area contributed by atoms with Crippen molar-refractivity contribution in [3.63, 3.8) is 0 Å². The van der Waals surface area contributed by atoms with E-state index in [-0.39, 0.29) is 26.8 Å². The van der Waals surface area contributed by atoms with Crippen molar-refractivity contribution in [1.82, 2.24) is 0 Å². The Balaban J connectivity index is 2.34. The van der Waals surface area contributed by atoms with Gasteiger partial charge in [-0.25, -0.2) is 8.78 Å². The normalized spacial score (nSPS) is 10.2. The third-order valence-electron chi connectivity index (χ3n) is 2.67. The maximum Gasteiger partial charge on any atom is 0.257 e. The highest BCUT2D eigenvalue weighted by molar-refractivity contribution is 7.80. The van der Waals surface area contributed by atoms with Crippen molar-refractivity contribution >= 4 is 40.4 Å². The highest BCUT2D eigenvalue weighted by Gasteiger charge is 2.14. The zero-order valence-electron chi connectivity index (χ0n) is 10.5. The number of hydrogen-bond donors (Lipinski definition) is 2. The Morgan fingerprint density at radius 1 is 1.10 bits per heavy atom. The molecule has 0 heterocycles. The summed E-state index contributed by atoms with van der Waals surface area (Å²) in [4.78, 5) is 12.0.